The maximum absolute atomic E-state index is 14.1. The van der Waals surface area contributed by atoms with Gasteiger partial charge in [0, 0.05) is 31.2 Å². The average Bonchev–Trinajstić information content (AvgIpc) is 3.55. The van der Waals surface area contributed by atoms with Gasteiger partial charge in [0.2, 0.25) is 0 Å². The van der Waals surface area contributed by atoms with E-state index in [4.69, 9.17) is 10.7 Å². The fraction of sp³-hybridized carbons (Fsp3) is 0.103. The number of fused-ring (bicyclic) bond motifs is 2. The highest BCUT2D eigenvalue weighted by molar-refractivity contribution is 6.04. The fourth-order valence-corrected chi connectivity index (χ4v) is 4.47. The Morgan fingerprint density at radius 1 is 1.07 bits per heavy atom. The third kappa shape index (κ3) is 4.83. The van der Waals surface area contributed by atoms with Gasteiger partial charge in [-0.25, -0.2) is 19.2 Å². The minimum atomic E-state index is -0.723. The molecule has 12 nitrogen and oxygen atoms in total. The summed E-state index contributed by atoms with van der Waals surface area (Å²) in [6.07, 6.45) is 6.65. The summed E-state index contributed by atoms with van der Waals surface area (Å²) in [5.41, 5.74) is 11.6. The van der Waals surface area contributed by atoms with Gasteiger partial charge in [0.05, 0.1) is 34.4 Å². The number of hydrogen-bond acceptors (Lipinski definition) is 8. The van der Waals surface area contributed by atoms with Crippen molar-refractivity contribution in [3.8, 4) is 11.8 Å². The summed E-state index contributed by atoms with van der Waals surface area (Å²) in [7, 11) is 1.81. The predicted molar refractivity (Wildman–Crippen MR) is 154 cm³/mol. The summed E-state index contributed by atoms with van der Waals surface area (Å²) in [5.74, 6) is 5.96. The molecule has 6 rings (SSSR count). The molecule has 6 aromatic rings. The van der Waals surface area contributed by atoms with Gasteiger partial charge in [-0.05, 0) is 37.3 Å². The first kappa shape index (κ1) is 25.3. The van der Waals surface area contributed by atoms with E-state index in [1.165, 1.54) is 9.19 Å². The van der Waals surface area contributed by atoms with Gasteiger partial charge in [-0.1, -0.05) is 36.1 Å². The van der Waals surface area contributed by atoms with E-state index in [9.17, 15) is 9.59 Å². The highest BCUT2D eigenvalue weighted by atomic mass is 16.2. The predicted octanol–water partition coefficient (Wildman–Crippen LogP) is 2.52. The number of amides is 1. The van der Waals surface area contributed by atoms with Crippen molar-refractivity contribution in [2.75, 3.05) is 11.2 Å². The minimum Gasteiger partial charge on any atom is -0.381 e. The van der Waals surface area contributed by atoms with Crippen LogP contribution in [0.4, 0.5) is 11.5 Å². The van der Waals surface area contributed by atoms with Gasteiger partial charge in [0.15, 0.2) is 17.3 Å². The van der Waals surface area contributed by atoms with Crippen molar-refractivity contribution in [1.82, 2.24) is 39.4 Å². The van der Waals surface area contributed by atoms with Gasteiger partial charge in [-0.15, -0.1) is 5.10 Å². The second kappa shape index (κ2) is 10.3. The molecule has 2 aromatic carbocycles. The maximum Gasteiger partial charge on any atom is 0.281 e. The summed E-state index contributed by atoms with van der Waals surface area (Å²) in [5, 5.41) is 11.5. The number of nitrogens with one attached hydrogen (secondary N) is 2. The number of carbonyl (C=O) groups is 1. The van der Waals surface area contributed by atoms with E-state index in [0.29, 0.717) is 27.8 Å². The quantitative estimate of drug-likeness (QED) is 0.280. The molecule has 1 amide bonds. The number of rotatable bonds is 5. The minimum absolute atomic E-state index is 0.0384. The Morgan fingerprint density at radius 2 is 1.90 bits per heavy atom. The smallest absolute Gasteiger partial charge is 0.281 e. The van der Waals surface area contributed by atoms with Gasteiger partial charge in [0.1, 0.15) is 5.56 Å². The average molecular weight is 545 g/mol. The monoisotopic (exact) mass is 544 g/mol. The molecule has 12 heteroatoms. The molecule has 0 spiro atoms. The van der Waals surface area contributed by atoms with Crippen molar-refractivity contribution >= 4 is 34.0 Å². The van der Waals surface area contributed by atoms with Crippen LogP contribution in [0, 0.1) is 11.8 Å². The van der Waals surface area contributed by atoms with Gasteiger partial charge >= 0.3 is 0 Å². The number of aryl methyl sites for hydroxylation is 1. The zero-order valence-corrected chi connectivity index (χ0v) is 22.1. The lowest BCUT2D eigenvalue weighted by Crippen LogP contribution is -2.37. The lowest BCUT2D eigenvalue weighted by Gasteiger charge is -2.20. The Morgan fingerprint density at radius 3 is 2.68 bits per heavy atom. The molecule has 0 aliphatic carbocycles. The standard InChI is InChI=1S/C29H24N10O2/c1-18(33-28(40)24-25(30)36-38-15-7-14-31-27(24)38)26-34-22-11-6-8-20(13-12-19-16-32-37(2)17-19)23(22)29(41)39(26)35-21-9-4-3-5-10-21/h3-11,14-18,35H,1-2H3,(H2,30,36)(H,33,40). The van der Waals surface area contributed by atoms with E-state index in [1.807, 2.05) is 37.4 Å². The lowest BCUT2D eigenvalue weighted by molar-refractivity contribution is 0.0940. The van der Waals surface area contributed by atoms with Crippen LogP contribution in [0.5, 0.6) is 0 Å². The summed E-state index contributed by atoms with van der Waals surface area (Å²) in [4.78, 5) is 36.5. The first-order valence-electron chi connectivity index (χ1n) is 12.7. The molecule has 0 aliphatic heterocycles. The Kier molecular flexibility index (Phi) is 6.37. The lowest BCUT2D eigenvalue weighted by atomic mass is 10.1. The third-order valence-corrected chi connectivity index (χ3v) is 6.37. The molecule has 1 unspecified atom stereocenters. The maximum atomic E-state index is 14.1. The van der Waals surface area contributed by atoms with Crippen molar-refractivity contribution in [1.29, 1.82) is 0 Å². The second-order valence-electron chi connectivity index (χ2n) is 9.28. The molecule has 0 aliphatic rings. The molecule has 0 fully saturated rings. The summed E-state index contributed by atoms with van der Waals surface area (Å²) in [6.45, 7) is 1.73. The van der Waals surface area contributed by atoms with E-state index in [1.54, 1.807) is 60.7 Å². The second-order valence-corrected chi connectivity index (χ2v) is 9.28. The number of nitrogens with zero attached hydrogens (tertiary/aromatic N) is 7. The number of benzene rings is 2. The van der Waals surface area contributed by atoms with Crippen molar-refractivity contribution in [2.24, 2.45) is 7.05 Å². The van der Waals surface area contributed by atoms with Crippen molar-refractivity contribution in [3.63, 3.8) is 0 Å². The van der Waals surface area contributed by atoms with Crippen LogP contribution in [0.25, 0.3) is 16.6 Å². The van der Waals surface area contributed by atoms with Crippen LogP contribution in [-0.4, -0.2) is 39.9 Å². The number of carbonyl (C=O) groups excluding carboxylic acids is 1. The fourth-order valence-electron chi connectivity index (χ4n) is 4.47. The number of hydrogen-bond donors (Lipinski definition) is 3. The molecular formula is C29H24N10O2. The first-order chi connectivity index (χ1) is 19.9. The molecule has 202 valence electrons. The summed E-state index contributed by atoms with van der Waals surface area (Å²) in [6, 6.07) is 15.5. The third-order valence-electron chi connectivity index (χ3n) is 6.37. The Labute approximate surface area is 233 Å². The number of aromatic nitrogens is 7. The number of nitrogen functional groups attached to an aromatic ring is 1. The van der Waals surface area contributed by atoms with Gasteiger partial charge in [-0.2, -0.15) is 5.10 Å². The normalized spacial score (nSPS) is 11.7. The molecule has 4 aromatic heterocycles. The molecular weight excluding hydrogens is 520 g/mol. The molecule has 4 N–H and O–H groups in total. The van der Waals surface area contributed by atoms with E-state index in [2.05, 4.69) is 37.8 Å². The topological polar surface area (TPSA) is 150 Å². The van der Waals surface area contributed by atoms with Crippen molar-refractivity contribution < 1.29 is 4.79 Å². The molecule has 0 saturated heterocycles. The molecule has 0 saturated carbocycles. The van der Waals surface area contributed by atoms with Crippen LogP contribution < -0.4 is 22.0 Å². The highest BCUT2D eigenvalue weighted by Crippen LogP contribution is 2.20. The Balaban J connectivity index is 1.45. The van der Waals surface area contributed by atoms with E-state index in [-0.39, 0.29) is 22.8 Å². The van der Waals surface area contributed by atoms with Gasteiger partial charge in [0.25, 0.3) is 11.5 Å². The number of anilines is 2. The zero-order valence-electron chi connectivity index (χ0n) is 22.1. The Hall–Kier alpha value is -5.96. The van der Waals surface area contributed by atoms with Crippen molar-refractivity contribution in [3.05, 3.63) is 112 Å². The van der Waals surface area contributed by atoms with Crippen LogP contribution in [0.1, 0.15) is 40.3 Å². The van der Waals surface area contributed by atoms with Gasteiger partial charge < -0.3 is 11.1 Å². The number of nitrogens with two attached hydrogens (primary N) is 1. The van der Waals surface area contributed by atoms with Crippen LogP contribution in [0.15, 0.2) is 84.2 Å². The molecule has 4 heterocycles. The molecule has 1 atom stereocenters. The molecule has 0 radical (unpaired) electrons. The first-order valence-corrected chi connectivity index (χ1v) is 12.7. The van der Waals surface area contributed by atoms with E-state index in [0.717, 1.165) is 5.56 Å². The van der Waals surface area contributed by atoms with Crippen LogP contribution >= 0.6 is 0 Å². The summed E-state index contributed by atoms with van der Waals surface area (Å²) < 4.78 is 4.42. The number of para-hydroxylation sites is 1. The zero-order chi connectivity index (χ0) is 28.5. The van der Waals surface area contributed by atoms with E-state index < -0.39 is 11.9 Å². The van der Waals surface area contributed by atoms with Crippen LogP contribution in [-0.2, 0) is 7.05 Å². The molecule has 0 bridgehead atoms. The summed E-state index contributed by atoms with van der Waals surface area (Å²) >= 11 is 0. The van der Waals surface area contributed by atoms with Crippen LogP contribution in [0.3, 0.4) is 0 Å². The largest absolute Gasteiger partial charge is 0.381 e. The van der Waals surface area contributed by atoms with Gasteiger partial charge in [-0.3, -0.25) is 19.7 Å². The Bertz CT molecular complexity index is 2050. The van der Waals surface area contributed by atoms with Crippen LogP contribution in [0.2, 0.25) is 0 Å². The SMILES string of the molecule is CC(NC(=O)c1c(N)nn2cccnc12)c1nc2cccc(C#Cc3cnn(C)c3)c2c(=O)n1Nc1ccccc1. The molecule has 41 heavy (non-hydrogen) atoms. The van der Waals surface area contributed by atoms with Crippen molar-refractivity contribution in [2.45, 2.75) is 13.0 Å². The highest BCUT2D eigenvalue weighted by Gasteiger charge is 2.24. The van der Waals surface area contributed by atoms with E-state index >= 15 is 0 Å².